The molecule has 3 N–H and O–H groups in total. The molecule has 98 valence electrons. The predicted octanol–water partition coefficient (Wildman–Crippen LogP) is 0.903. The number of para-hydroxylation sites is 1. The van der Waals surface area contributed by atoms with E-state index in [0.717, 1.165) is 18.5 Å². The van der Waals surface area contributed by atoms with E-state index in [0.29, 0.717) is 19.6 Å². The normalized spacial score (nSPS) is 18.3. The van der Waals surface area contributed by atoms with Crippen LogP contribution in [-0.4, -0.2) is 31.6 Å². The molecule has 1 heterocycles. The summed E-state index contributed by atoms with van der Waals surface area (Å²) in [6.45, 7) is 3.59. The zero-order valence-corrected chi connectivity index (χ0v) is 10.9. The number of likely N-dealkylation sites (N-methyl/N-ethyl adjacent to an activating group) is 1. The molecular weight excluding hydrogens is 226 g/mol. The van der Waals surface area contributed by atoms with Gasteiger partial charge in [-0.2, -0.15) is 0 Å². The van der Waals surface area contributed by atoms with Gasteiger partial charge in [-0.05, 0) is 31.4 Å². The van der Waals surface area contributed by atoms with Crippen molar-refractivity contribution < 1.29 is 4.79 Å². The molecule has 1 amide bonds. The van der Waals surface area contributed by atoms with Crippen LogP contribution in [0.4, 0.5) is 5.69 Å². The molecule has 1 aromatic rings. The van der Waals surface area contributed by atoms with Gasteiger partial charge in [0.05, 0.1) is 6.54 Å². The van der Waals surface area contributed by atoms with Gasteiger partial charge in [0.2, 0.25) is 5.91 Å². The van der Waals surface area contributed by atoms with Gasteiger partial charge in [-0.1, -0.05) is 18.2 Å². The van der Waals surface area contributed by atoms with Crippen LogP contribution in [0.1, 0.15) is 18.9 Å². The maximum absolute atomic E-state index is 11.8. The van der Waals surface area contributed by atoms with Crippen molar-refractivity contribution in [2.75, 3.05) is 24.5 Å². The lowest BCUT2D eigenvalue weighted by Crippen LogP contribution is -2.48. The summed E-state index contributed by atoms with van der Waals surface area (Å²) in [4.78, 5) is 13.9. The van der Waals surface area contributed by atoms with Crippen molar-refractivity contribution >= 4 is 11.6 Å². The number of hydrogen-bond donors (Lipinski definition) is 2. The van der Waals surface area contributed by atoms with E-state index < -0.39 is 0 Å². The van der Waals surface area contributed by atoms with E-state index in [1.807, 2.05) is 19.1 Å². The third kappa shape index (κ3) is 2.64. The number of nitrogens with two attached hydrogens (primary N) is 1. The summed E-state index contributed by atoms with van der Waals surface area (Å²) < 4.78 is 0. The number of rotatable bonds is 4. The fraction of sp³-hybridized carbons (Fsp3) is 0.500. The minimum atomic E-state index is 0.0626. The van der Waals surface area contributed by atoms with Crippen LogP contribution < -0.4 is 16.0 Å². The maximum Gasteiger partial charge on any atom is 0.239 e. The summed E-state index contributed by atoms with van der Waals surface area (Å²) in [6, 6.07) is 8.54. The molecule has 0 saturated carbocycles. The fourth-order valence-electron chi connectivity index (χ4n) is 2.54. The second kappa shape index (κ2) is 5.87. The van der Waals surface area contributed by atoms with E-state index in [-0.39, 0.29) is 11.9 Å². The molecule has 18 heavy (non-hydrogen) atoms. The number of hydrogen-bond acceptors (Lipinski definition) is 3. The zero-order chi connectivity index (χ0) is 13.0. The van der Waals surface area contributed by atoms with Gasteiger partial charge in [-0.3, -0.25) is 4.79 Å². The van der Waals surface area contributed by atoms with Gasteiger partial charge in [0.1, 0.15) is 0 Å². The van der Waals surface area contributed by atoms with E-state index >= 15 is 0 Å². The van der Waals surface area contributed by atoms with Crippen LogP contribution in [0.2, 0.25) is 0 Å². The largest absolute Gasteiger partial charge is 0.358 e. The van der Waals surface area contributed by atoms with E-state index in [4.69, 9.17) is 5.73 Å². The minimum absolute atomic E-state index is 0.0626. The number of nitrogens with one attached hydrogen (secondary N) is 1. The van der Waals surface area contributed by atoms with Crippen molar-refractivity contribution in [3.63, 3.8) is 0 Å². The molecule has 0 bridgehead atoms. The number of aryl methyl sites for hydroxylation is 1. The first-order valence-corrected chi connectivity index (χ1v) is 6.57. The first-order chi connectivity index (χ1) is 8.76. The minimum Gasteiger partial charge on any atom is -0.358 e. The van der Waals surface area contributed by atoms with Crippen molar-refractivity contribution in [2.24, 2.45) is 5.73 Å². The third-order valence-corrected chi connectivity index (χ3v) is 3.45. The molecule has 1 aliphatic rings. The van der Waals surface area contributed by atoms with Gasteiger partial charge in [0.25, 0.3) is 0 Å². The monoisotopic (exact) mass is 247 g/mol. The van der Waals surface area contributed by atoms with Gasteiger partial charge >= 0.3 is 0 Å². The Balaban J connectivity index is 2.21. The molecule has 0 aromatic heterocycles. The number of fused-ring (bicyclic) bond motifs is 1. The van der Waals surface area contributed by atoms with Crippen molar-refractivity contribution in [2.45, 2.75) is 25.8 Å². The highest BCUT2D eigenvalue weighted by Gasteiger charge is 2.26. The Kier molecular flexibility index (Phi) is 4.20. The Hall–Kier alpha value is -1.55. The molecule has 0 fully saturated rings. The second-order valence-electron chi connectivity index (χ2n) is 4.64. The summed E-state index contributed by atoms with van der Waals surface area (Å²) in [5.41, 5.74) is 8.30. The quantitative estimate of drug-likeness (QED) is 0.831. The molecule has 1 aromatic carbocycles. The van der Waals surface area contributed by atoms with Crippen molar-refractivity contribution in [3.05, 3.63) is 29.8 Å². The predicted molar refractivity (Wildman–Crippen MR) is 73.6 cm³/mol. The molecule has 0 saturated heterocycles. The molecule has 0 aliphatic carbocycles. The first kappa shape index (κ1) is 12.9. The lowest BCUT2D eigenvalue weighted by atomic mass is 9.95. The first-order valence-electron chi connectivity index (χ1n) is 6.57. The highest BCUT2D eigenvalue weighted by atomic mass is 16.2. The highest BCUT2D eigenvalue weighted by Crippen LogP contribution is 2.29. The Morgan fingerprint density at radius 3 is 3.00 bits per heavy atom. The smallest absolute Gasteiger partial charge is 0.239 e. The average Bonchev–Trinajstić information content (AvgIpc) is 2.39. The molecule has 0 radical (unpaired) electrons. The molecular formula is C14H21N3O. The number of anilines is 1. The molecule has 1 aliphatic heterocycles. The van der Waals surface area contributed by atoms with Gasteiger partial charge in [0.15, 0.2) is 0 Å². The summed E-state index contributed by atoms with van der Waals surface area (Å²) in [5.74, 6) is 0.0626. The summed E-state index contributed by atoms with van der Waals surface area (Å²) in [6.07, 6.45) is 2.07. The Morgan fingerprint density at radius 1 is 1.50 bits per heavy atom. The lowest BCUT2D eigenvalue weighted by Gasteiger charge is -2.37. The van der Waals surface area contributed by atoms with Gasteiger partial charge < -0.3 is 16.0 Å². The molecule has 2 rings (SSSR count). The van der Waals surface area contributed by atoms with Gasteiger partial charge in [-0.15, -0.1) is 0 Å². The number of carbonyl (C=O) groups excluding carboxylic acids is 1. The van der Waals surface area contributed by atoms with E-state index in [2.05, 4.69) is 22.3 Å². The van der Waals surface area contributed by atoms with Crippen LogP contribution in [0.15, 0.2) is 24.3 Å². The van der Waals surface area contributed by atoms with Crippen LogP contribution in [0, 0.1) is 0 Å². The summed E-state index contributed by atoms with van der Waals surface area (Å²) in [5, 5.41) is 2.85. The van der Waals surface area contributed by atoms with Crippen LogP contribution in [0.25, 0.3) is 0 Å². The molecule has 0 spiro atoms. The summed E-state index contributed by atoms with van der Waals surface area (Å²) in [7, 11) is 0. The van der Waals surface area contributed by atoms with Crippen LogP contribution in [0.5, 0.6) is 0 Å². The van der Waals surface area contributed by atoms with Crippen molar-refractivity contribution in [1.29, 1.82) is 0 Å². The Labute approximate surface area is 108 Å². The van der Waals surface area contributed by atoms with Crippen LogP contribution in [-0.2, 0) is 11.2 Å². The Morgan fingerprint density at radius 2 is 2.28 bits per heavy atom. The fourth-order valence-corrected chi connectivity index (χ4v) is 2.54. The van der Waals surface area contributed by atoms with Gasteiger partial charge in [-0.25, -0.2) is 0 Å². The molecule has 4 heteroatoms. The molecule has 1 atom stereocenters. The summed E-state index contributed by atoms with van der Waals surface area (Å²) >= 11 is 0. The number of benzene rings is 1. The van der Waals surface area contributed by atoms with E-state index in [9.17, 15) is 4.79 Å². The number of amides is 1. The topological polar surface area (TPSA) is 58.4 Å². The highest BCUT2D eigenvalue weighted by molar-refractivity contribution is 5.82. The van der Waals surface area contributed by atoms with Crippen molar-refractivity contribution in [1.82, 2.24) is 5.32 Å². The van der Waals surface area contributed by atoms with E-state index in [1.165, 1.54) is 5.56 Å². The van der Waals surface area contributed by atoms with E-state index in [1.54, 1.807) is 0 Å². The van der Waals surface area contributed by atoms with Crippen LogP contribution in [0.3, 0.4) is 0 Å². The number of nitrogens with zero attached hydrogens (tertiary/aromatic N) is 1. The lowest BCUT2D eigenvalue weighted by molar-refractivity contribution is -0.119. The standard InChI is InChI=1S/C14H21N3O/c1-2-16-14(18)10-17-12(9-15)8-7-11-5-3-4-6-13(11)17/h3-6,12H,2,7-10,15H2,1H3,(H,16,18). The molecule has 4 nitrogen and oxygen atoms in total. The van der Waals surface area contributed by atoms with Crippen molar-refractivity contribution in [3.8, 4) is 0 Å². The zero-order valence-electron chi connectivity index (χ0n) is 10.9. The SMILES string of the molecule is CCNC(=O)CN1c2ccccc2CCC1CN. The average molecular weight is 247 g/mol. The second-order valence-corrected chi connectivity index (χ2v) is 4.64. The third-order valence-electron chi connectivity index (χ3n) is 3.45. The maximum atomic E-state index is 11.8. The molecule has 1 unspecified atom stereocenters. The number of carbonyl (C=O) groups is 1. The van der Waals surface area contributed by atoms with Gasteiger partial charge in [0, 0.05) is 24.8 Å². The Bertz CT molecular complexity index is 419. The van der Waals surface area contributed by atoms with Crippen LogP contribution >= 0.6 is 0 Å².